The highest BCUT2D eigenvalue weighted by Crippen LogP contribution is 2.42. The molecule has 3 aliphatic rings. The summed E-state index contributed by atoms with van der Waals surface area (Å²) >= 11 is 0. The summed E-state index contributed by atoms with van der Waals surface area (Å²) < 4.78 is 14.6. The molecular weight excluding hydrogens is 339 g/mol. The Morgan fingerprint density at radius 1 is 1.38 bits per heavy atom. The molecule has 0 spiro atoms. The van der Waals surface area contributed by atoms with E-state index in [0.717, 1.165) is 23.3 Å². The van der Waals surface area contributed by atoms with Gasteiger partial charge >= 0.3 is 6.03 Å². The number of urea groups is 1. The molecule has 1 saturated carbocycles. The highest BCUT2D eigenvalue weighted by Gasteiger charge is 2.56. The lowest BCUT2D eigenvalue weighted by Gasteiger charge is -2.21. The lowest BCUT2D eigenvalue weighted by Crippen LogP contribution is -2.46. The van der Waals surface area contributed by atoms with Crippen molar-refractivity contribution in [2.45, 2.75) is 38.3 Å². The second-order valence-electron chi connectivity index (χ2n) is 7.34. The molecule has 2 heterocycles. The molecule has 8 heteroatoms. The fourth-order valence-electron chi connectivity index (χ4n) is 3.76. The van der Waals surface area contributed by atoms with Crippen molar-refractivity contribution in [2.75, 3.05) is 18.4 Å². The van der Waals surface area contributed by atoms with Crippen LogP contribution in [0.25, 0.3) is 0 Å². The number of carbonyl (C=O) groups is 3. The van der Waals surface area contributed by atoms with Crippen LogP contribution in [0, 0.1) is 11.7 Å². The predicted octanol–water partition coefficient (Wildman–Crippen LogP) is 1.13. The van der Waals surface area contributed by atoms with Crippen molar-refractivity contribution in [1.82, 2.24) is 15.5 Å². The van der Waals surface area contributed by atoms with Crippen LogP contribution in [0.15, 0.2) is 12.1 Å². The van der Waals surface area contributed by atoms with Crippen molar-refractivity contribution < 1.29 is 18.8 Å². The minimum absolute atomic E-state index is 0.0765. The fourth-order valence-corrected chi connectivity index (χ4v) is 3.76. The van der Waals surface area contributed by atoms with Gasteiger partial charge in [0, 0.05) is 6.54 Å². The van der Waals surface area contributed by atoms with Gasteiger partial charge < -0.3 is 16.0 Å². The Labute approximate surface area is 150 Å². The van der Waals surface area contributed by atoms with Crippen molar-refractivity contribution in [3.05, 3.63) is 29.1 Å². The Balaban J connectivity index is 1.46. The second-order valence-corrected chi connectivity index (χ2v) is 7.34. The van der Waals surface area contributed by atoms with Crippen LogP contribution in [-0.2, 0) is 22.6 Å². The maximum atomic E-state index is 14.6. The van der Waals surface area contributed by atoms with Gasteiger partial charge in [-0.3, -0.25) is 14.5 Å². The lowest BCUT2D eigenvalue weighted by atomic mass is 9.96. The summed E-state index contributed by atoms with van der Waals surface area (Å²) in [5.74, 6) is -1.31. The number of carbonyl (C=O) groups excluding carboxylic acids is 3. The van der Waals surface area contributed by atoms with E-state index >= 15 is 0 Å². The molecule has 2 fully saturated rings. The molecule has 138 valence electrons. The van der Waals surface area contributed by atoms with Crippen molar-refractivity contribution in [3.63, 3.8) is 0 Å². The second kappa shape index (κ2) is 6.05. The molecule has 1 saturated heterocycles. The van der Waals surface area contributed by atoms with Crippen LogP contribution in [0.3, 0.4) is 0 Å². The molecule has 1 aromatic carbocycles. The van der Waals surface area contributed by atoms with Crippen LogP contribution in [-0.4, -0.2) is 41.4 Å². The summed E-state index contributed by atoms with van der Waals surface area (Å²) in [6.07, 6.45) is 2.33. The summed E-state index contributed by atoms with van der Waals surface area (Å²) in [5, 5.41) is 8.35. The Bertz CT molecular complexity index is 808. The van der Waals surface area contributed by atoms with Crippen LogP contribution in [0.4, 0.5) is 14.9 Å². The van der Waals surface area contributed by atoms with E-state index < -0.39 is 35.7 Å². The first-order valence-corrected chi connectivity index (χ1v) is 8.85. The maximum Gasteiger partial charge on any atom is 0.325 e. The van der Waals surface area contributed by atoms with E-state index in [0.29, 0.717) is 25.1 Å². The first kappa shape index (κ1) is 17.0. The van der Waals surface area contributed by atoms with Gasteiger partial charge in [-0.1, -0.05) is 6.07 Å². The molecule has 1 unspecified atom stereocenters. The molecule has 1 atom stereocenters. The number of amides is 4. The number of anilines is 1. The fraction of sp³-hybridized carbons (Fsp3) is 0.500. The van der Waals surface area contributed by atoms with Crippen LogP contribution in [0.1, 0.15) is 30.9 Å². The van der Waals surface area contributed by atoms with E-state index in [1.807, 2.05) is 0 Å². The van der Waals surface area contributed by atoms with Crippen molar-refractivity contribution >= 4 is 23.5 Å². The first-order chi connectivity index (χ1) is 12.4. The lowest BCUT2D eigenvalue weighted by molar-refractivity contribution is -0.134. The highest BCUT2D eigenvalue weighted by atomic mass is 19.1. The van der Waals surface area contributed by atoms with Gasteiger partial charge in [-0.25, -0.2) is 9.18 Å². The van der Waals surface area contributed by atoms with Crippen molar-refractivity contribution in [1.29, 1.82) is 0 Å². The van der Waals surface area contributed by atoms with Gasteiger partial charge in [0.05, 0.1) is 5.69 Å². The molecule has 26 heavy (non-hydrogen) atoms. The molecule has 0 radical (unpaired) electrons. The minimum atomic E-state index is -0.929. The number of hydrogen-bond donors (Lipinski definition) is 3. The largest absolute Gasteiger partial charge is 0.325 e. The van der Waals surface area contributed by atoms with E-state index in [-0.39, 0.29) is 11.6 Å². The van der Waals surface area contributed by atoms with Gasteiger partial charge in [0.2, 0.25) is 5.91 Å². The number of rotatable bonds is 4. The third kappa shape index (κ3) is 2.74. The summed E-state index contributed by atoms with van der Waals surface area (Å²) in [5.41, 5.74) is 0.619. The van der Waals surface area contributed by atoms with Crippen molar-refractivity contribution in [2.24, 2.45) is 5.92 Å². The summed E-state index contributed by atoms with van der Waals surface area (Å²) in [6.45, 7) is 2.55. The number of nitrogens with zero attached hydrogens (tertiary/aromatic N) is 1. The molecule has 3 N–H and O–H groups in total. The normalized spacial score (nSPS) is 25.1. The van der Waals surface area contributed by atoms with E-state index in [9.17, 15) is 18.8 Å². The zero-order chi connectivity index (χ0) is 18.5. The number of imide groups is 1. The van der Waals surface area contributed by atoms with Gasteiger partial charge in [-0.2, -0.15) is 0 Å². The standard InChI is InChI=1S/C18H21FN4O3/c1-18(11-3-4-11)16(25)23(17(26)22-18)9-14(24)21-13-5-2-10-8-20-7-6-12(10)15(13)19/h2,5,11,20H,3-4,6-9H2,1H3,(H,21,24)(H,22,26). The average Bonchev–Trinajstić information content (AvgIpc) is 3.44. The Kier molecular flexibility index (Phi) is 3.95. The Morgan fingerprint density at radius 3 is 2.88 bits per heavy atom. The molecule has 0 aromatic heterocycles. The molecule has 2 aliphatic heterocycles. The molecule has 1 aromatic rings. The number of hydrogen-bond acceptors (Lipinski definition) is 4. The van der Waals surface area contributed by atoms with Gasteiger partial charge in [0.15, 0.2) is 0 Å². The SMILES string of the molecule is CC1(C2CC2)NC(=O)N(CC(=O)Nc2ccc3c(c2F)CCNC3)C1=O. The van der Waals surface area contributed by atoms with Gasteiger partial charge in [0.1, 0.15) is 17.9 Å². The molecule has 4 amide bonds. The maximum absolute atomic E-state index is 14.6. The highest BCUT2D eigenvalue weighted by molar-refractivity contribution is 6.10. The molecule has 0 bridgehead atoms. The average molecular weight is 360 g/mol. The predicted molar refractivity (Wildman–Crippen MR) is 91.8 cm³/mol. The topological polar surface area (TPSA) is 90.5 Å². The van der Waals surface area contributed by atoms with Crippen LogP contribution < -0.4 is 16.0 Å². The number of halogens is 1. The summed E-state index contributed by atoms with van der Waals surface area (Å²) in [6, 6.07) is 2.72. The Hall–Kier alpha value is -2.48. The number of fused-ring (bicyclic) bond motifs is 1. The van der Waals surface area contributed by atoms with Crippen LogP contribution in [0.5, 0.6) is 0 Å². The smallest absolute Gasteiger partial charge is 0.323 e. The quantitative estimate of drug-likeness (QED) is 0.702. The molecular formula is C18H21FN4O3. The van der Waals surface area contributed by atoms with Gasteiger partial charge in [0.25, 0.3) is 5.91 Å². The zero-order valence-corrected chi connectivity index (χ0v) is 14.5. The number of benzene rings is 1. The van der Waals surface area contributed by atoms with Gasteiger partial charge in [-0.15, -0.1) is 0 Å². The third-order valence-corrected chi connectivity index (χ3v) is 5.48. The molecule has 1 aliphatic carbocycles. The summed E-state index contributed by atoms with van der Waals surface area (Å²) in [4.78, 5) is 37.9. The summed E-state index contributed by atoms with van der Waals surface area (Å²) in [7, 11) is 0. The zero-order valence-electron chi connectivity index (χ0n) is 14.5. The van der Waals surface area contributed by atoms with Crippen LogP contribution in [0.2, 0.25) is 0 Å². The van der Waals surface area contributed by atoms with Gasteiger partial charge in [-0.05, 0) is 55.8 Å². The van der Waals surface area contributed by atoms with Crippen molar-refractivity contribution in [3.8, 4) is 0 Å². The van der Waals surface area contributed by atoms with E-state index in [2.05, 4.69) is 16.0 Å². The molecule has 7 nitrogen and oxygen atoms in total. The van der Waals surface area contributed by atoms with E-state index in [1.165, 1.54) is 6.07 Å². The first-order valence-electron chi connectivity index (χ1n) is 8.85. The van der Waals surface area contributed by atoms with E-state index in [4.69, 9.17) is 0 Å². The molecule has 4 rings (SSSR count). The minimum Gasteiger partial charge on any atom is -0.323 e. The van der Waals surface area contributed by atoms with Crippen LogP contribution >= 0.6 is 0 Å². The Morgan fingerprint density at radius 2 is 2.15 bits per heavy atom. The monoisotopic (exact) mass is 360 g/mol. The van der Waals surface area contributed by atoms with E-state index in [1.54, 1.807) is 13.0 Å². The number of nitrogens with one attached hydrogen (secondary N) is 3. The third-order valence-electron chi connectivity index (χ3n) is 5.48.